The van der Waals surface area contributed by atoms with Crippen LogP contribution in [0, 0.1) is 3.57 Å². The maximum absolute atomic E-state index is 12.9. The molecule has 0 saturated carbocycles. The average molecular weight is 432 g/mol. The summed E-state index contributed by atoms with van der Waals surface area (Å²) in [7, 11) is 0. The fourth-order valence-electron chi connectivity index (χ4n) is 1.83. The monoisotopic (exact) mass is 432 g/mol. The second kappa shape index (κ2) is 5.98. The first-order valence-corrected chi connectivity index (χ1v) is 6.88. The first-order chi connectivity index (χ1) is 10.1. The molecule has 0 bridgehead atoms. The topological polar surface area (TPSA) is 9.23 Å². The fraction of sp³-hybridized carbons (Fsp3) is 0.143. The maximum atomic E-state index is 12.9. The number of benzene rings is 2. The van der Waals surface area contributed by atoms with Crippen molar-refractivity contribution in [2.24, 2.45) is 0 Å². The lowest BCUT2D eigenvalue weighted by molar-refractivity contribution is -0.274. The summed E-state index contributed by atoms with van der Waals surface area (Å²) in [5.41, 5.74) is -0.451. The van der Waals surface area contributed by atoms with Gasteiger partial charge in [0, 0.05) is 3.57 Å². The summed E-state index contributed by atoms with van der Waals surface area (Å²) in [4.78, 5) is 0. The molecule has 118 valence electrons. The molecule has 8 heteroatoms. The zero-order chi connectivity index (χ0) is 16.5. The second-order valence-corrected chi connectivity index (χ2v) is 5.32. The van der Waals surface area contributed by atoms with Crippen molar-refractivity contribution in [3.05, 3.63) is 51.6 Å². The minimum atomic E-state index is -4.86. The van der Waals surface area contributed by atoms with Gasteiger partial charge >= 0.3 is 12.5 Å². The van der Waals surface area contributed by atoms with Crippen molar-refractivity contribution in [3.8, 4) is 16.9 Å². The molecule has 0 saturated heterocycles. The molecule has 0 fully saturated rings. The molecule has 0 heterocycles. The van der Waals surface area contributed by atoms with Gasteiger partial charge in [0.15, 0.2) is 0 Å². The summed E-state index contributed by atoms with van der Waals surface area (Å²) < 4.78 is 78.9. The van der Waals surface area contributed by atoms with Gasteiger partial charge in [-0.1, -0.05) is 24.3 Å². The number of alkyl halides is 6. The third-order valence-corrected chi connectivity index (χ3v) is 3.84. The number of hydrogen-bond donors (Lipinski definition) is 0. The molecule has 2 rings (SSSR count). The number of halogens is 7. The summed E-state index contributed by atoms with van der Waals surface area (Å²) >= 11 is 1.53. The van der Waals surface area contributed by atoms with Gasteiger partial charge in [-0.2, -0.15) is 13.2 Å². The molecule has 0 aliphatic carbocycles. The van der Waals surface area contributed by atoms with Crippen LogP contribution >= 0.6 is 22.6 Å². The predicted molar refractivity (Wildman–Crippen MR) is 76.3 cm³/mol. The summed E-state index contributed by atoms with van der Waals surface area (Å²) in [6, 6.07) is 8.36. The lowest BCUT2D eigenvalue weighted by Crippen LogP contribution is -2.17. The van der Waals surface area contributed by atoms with Gasteiger partial charge in [0.2, 0.25) is 0 Å². The summed E-state index contributed by atoms with van der Waals surface area (Å²) in [5.74, 6) is -0.488. The summed E-state index contributed by atoms with van der Waals surface area (Å²) in [6.45, 7) is 0. The molecule has 1 nitrogen and oxygen atoms in total. The van der Waals surface area contributed by atoms with E-state index in [2.05, 4.69) is 4.74 Å². The van der Waals surface area contributed by atoms with Crippen LogP contribution in [0.2, 0.25) is 0 Å². The van der Waals surface area contributed by atoms with E-state index in [0.29, 0.717) is 0 Å². The highest BCUT2D eigenvalue weighted by Gasteiger charge is 2.34. The van der Waals surface area contributed by atoms with Crippen LogP contribution in [0.15, 0.2) is 42.5 Å². The van der Waals surface area contributed by atoms with Gasteiger partial charge in [0.25, 0.3) is 0 Å². The highest BCUT2D eigenvalue weighted by atomic mass is 127. The molecular formula is C14H7F6IO. The Bertz CT molecular complexity index is 678. The van der Waals surface area contributed by atoms with Crippen LogP contribution in [-0.4, -0.2) is 6.36 Å². The summed E-state index contributed by atoms with van der Waals surface area (Å²) in [5, 5.41) is 0. The van der Waals surface area contributed by atoms with Crippen LogP contribution in [0.25, 0.3) is 11.1 Å². The minimum Gasteiger partial charge on any atom is -0.406 e. The van der Waals surface area contributed by atoms with Crippen LogP contribution in [-0.2, 0) is 6.18 Å². The molecule has 2 aromatic carbocycles. The van der Waals surface area contributed by atoms with E-state index in [1.54, 1.807) is 0 Å². The van der Waals surface area contributed by atoms with Gasteiger partial charge in [-0.15, -0.1) is 13.2 Å². The molecule has 0 radical (unpaired) electrons. The molecule has 0 aliphatic heterocycles. The van der Waals surface area contributed by atoms with E-state index in [0.717, 1.165) is 18.2 Å². The molecule has 0 aliphatic rings. The van der Waals surface area contributed by atoms with Crippen LogP contribution < -0.4 is 4.74 Å². The number of ether oxygens (including phenoxy) is 1. The van der Waals surface area contributed by atoms with E-state index in [4.69, 9.17) is 0 Å². The second-order valence-electron chi connectivity index (χ2n) is 4.24. The van der Waals surface area contributed by atoms with E-state index in [9.17, 15) is 26.3 Å². The Labute approximate surface area is 135 Å². The van der Waals surface area contributed by atoms with Gasteiger partial charge in [0.1, 0.15) is 5.75 Å². The van der Waals surface area contributed by atoms with Gasteiger partial charge in [-0.05, 0) is 51.9 Å². The average Bonchev–Trinajstić information content (AvgIpc) is 2.35. The molecule has 0 aromatic heterocycles. The lowest BCUT2D eigenvalue weighted by atomic mass is 10.0. The zero-order valence-electron chi connectivity index (χ0n) is 10.6. The molecule has 0 atom stereocenters. The van der Waals surface area contributed by atoms with E-state index in [1.165, 1.54) is 46.9 Å². The van der Waals surface area contributed by atoms with Gasteiger partial charge in [0.05, 0.1) is 5.56 Å². The molecule has 0 N–H and O–H groups in total. The van der Waals surface area contributed by atoms with Crippen LogP contribution in [0.1, 0.15) is 5.56 Å². The third-order valence-electron chi connectivity index (χ3n) is 2.68. The Balaban J connectivity index is 2.47. The molecule has 22 heavy (non-hydrogen) atoms. The predicted octanol–water partition coefficient (Wildman–Crippen LogP) is 5.88. The van der Waals surface area contributed by atoms with Crippen molar-refractivity contribution in [1.29, 1.82) is 0 Å². The van der Waals surface area contributed by atoms with Crippen LogP contribution in [0.3, 0.4) is 0 Å². The van der Waals surface area contributed by atoms with Gasteiger partial charge in [-0.25, -0.2) is 0 Å². The quantitative estimate of drug-likeness (QED) is 0.426. The van der Waals surface area contributed by atoms with Crippen molar-refractivity contribution >= 4 is 22.6 Å². The Kier molecular flexibility index (Phi) is 4.59. The standard InChI is InChI=1S/C14H7F6IO/c15-13(16,17)11-6-2-5-10(12(11)21)8-3-1-4-9(7-8)22-14(18,19)20/h1-7H. The highest BCUT2D eigenvalue weighted by molar-refractivity contribution is 14.1. The van der Waals surface area contributed by atoms with E-state index < -0.39 is 23.9 Å². The Morgan fingerprint density at radius 2 is 1.50 bits per heavy atom. The minimum absolute atomic E-state index is 0.0863. The van der Waals surface area contributed by atoms with E-state index in [-0.39, 0.29) is 14.7 Å². The van der Waals surface area contributed by atoms with Crippen molar-refractivity contribution in [1.82, 2.24) is 0 Å². The van der Waals surface area contributed by atoms with Crippen molar-refractivity contribution in [3.63, 3.8) is 0 Å². The Morgan fingerprint density at radius 3 is 2.09 bits per heavy atom. The fourth-order valence-corrected chi connectivity index (χ4v) is 2.81. The first kappa shape index (κ1) is 16.9. The Hall–Kier alpha value is -1.45. The van der Waals surface area contributed by atoms with Crippen molar-refractivity contribution in [2.75, 3.05) is 0 Å². The van der Waals surface area contributed by atoms with Crippen LogP contribution in [0.5, 0.6) is 5.75 Å². The van der Waals surface area contributed by atoms with Gasteiger partial charge < -0.3 is 4.74 Å². The van der Waals surface area contributed by atoms with Crippen molar-refractivity contribution < 1.29 is 31.1 Å². The Morgan fingerprint density at radius 1 is 0.864 bits per heavy atom. The molecule has 2 aromatic rings. The van der Waals surface area contributed by atoms with E-state index in [1.807, 2.05) is 0 Å². The summed E-state index contributed by atoms with van der Waals surface area (Å²) in [6.07, 6.45) is -9.40. The third kappa shape index (κ3) is 4.05. The lowest BCUT2D eigenvalue weighted by Gasteiger charge is -2.14. The SMILES string of the molecule is FC(F)(F)Oc1cccc(-c2cccc(C(F)(F)F)c2I)c1. The first-order valence-electron chi connectivity index (χ1n) is 5.80. The highest BCUT2D eigenvalue weighted by Crippen LogP contribution is 2.38. The normalized spacial score (nSPS) is 12.3. The zero-order valence-corrected chi connectivity index (χ0v) is 12.8. The maximum Gasteiger partial charge on any atom is 0.573 e. The van der Waals surface area contributed by atoms with Gasteiger partial charge in [-0.3, -0.25) is 0 Å². The van der Waals surface area contributed by atoms with Crippen LogP contribution in [0.4, 0.5) is 26.3 Å². The molecule has 0 unspecified atom stereocenters. The molecule has 0 amide bonds. The smallest absolute Gasteiger partial charge is 0.406 e. The number of rotatable bonds is 2. The van der Waals surface area contributed by atoms with E-state index >= 15 is 0 Å². The number of hydrogen-bond acceptors (Lipinski definition) is 1. The molecule has 0 spiro atoms. The molecular weight excluding hydrogens is 425 g/mol. The van der Waals surface area contributed by atoms with Crippen molar-refractivity contribution in [2.45, 2.75) is 12.5 Å². The largest absolute Gasteiger partial charge is 0.573 e.